The first kappa shape index (κ1) is 22.9. The highest BCUT2D eigenvalue weighted by molar-refractivity contribution is 6.10. The first-order valence-corrected chi connectivity index (χ1v) is 12.0. The summed E-state index contributed by atoms with van der Waals surface area (Å²) in [5.41, 5.74) is -0.344. The van der Waals surface area contributed by atoms with Gasteiger partial charge in [-0.15, -0.1) is 0 Å². The topological polar surface area (TPSA) is 81.2 Å². The first-order chi connectivity index (χ1) is 15.5. The molecule has 2 aliphatic heterocycles. The molecule has 1 aromatic carbocycles. The molecular formula is C25H35N3O4. The molecule has 3 fully saturated rings. The summed E-state index contributed by atoms with van der Waals surface area (Å²) >= 11 is 0. The Morgan fingerprint density at radius 2 is 1.69 bits per heavy atom. The number of benzene rings is 1. The van der Waals surface area contributed by atoms with E-state index >= 15 is 0 Å². The van der Waals surface area contributed by atoms with Crippen LogP contribution in [0.5, 0.6) is 0 Å². The van der Waals surface area contributed by atoms with Crippen LogP contribution in [0.15, 0.2) is 30.3 Å². The minimum Gasteiger partial charge on any atom is -0.395 e. The maximum atomic E-state index is 13.8. The lowest BCUT2D eigenvalue weighted by Gasteiger charge is -2.36. The number of β-amino-alcohol motifs (C(OH)–C–C–N with tert-alkyl or cyclic N) is 1. The highest BCUT2D eigenvalue weighted by Crippen LogP contribution is 2.41. The van der Waals surface area contributed by atoms with Gasteiger partial charge in [-0.05, 0) is 24.3 Å². The van der Waals surface area contributed by atoms with Crippen molar-refractivity contribution in [3.05, 3.63) is 35.9 Å². The van der Waals surface area contributed by atoms with E-state index in [0.717, 1.165) is 31.2 Å². The van der Waals surface area contributed by atoms with Gasteiger partial charge in [0.25, 0.3) is 0 Å². The lowest BCUT2D eigenvalue weighted by Crippen LogP contribution is -2.51. The van der Waals surface area contributed by atoms with Gasteiger partial charge in [0, 0.05) is 52.1 Å². The molecule has 2 saturated heterocycles. The summed E-state index contributed by atoms with van der Waals surface area (Å²) in [5.74, 6) is -0.0479. The molecule has 1 N–H and O–H groups in total. The third-order valence-corrected chi connectivity index (χ3v) is 7.49. The third-order valence-electron chi connectivity index (χ3n) is 7.49. The normalized spacial score (nSPS) is 25.5. The van der Waals surface area contributed by atoms with Crippen LogP contribution < -0.4 is 0 Å². The molecule has 4 rings (SSSR count). The molecule has 7 nitrogen and oxygen atoms in total. The fraction of sp³-hybridized carbons (Fsp3) is 0.640. The van der Waals surface area contributed by atoms with E-state index in [0.29, 0.717) is 45.2 Å². The lowest BCUT2D eigenvalue weighted by atomic mass is 9.75. The van der Waals surface area contributed by atoms with E-state index in [9.17, 15) is 14.4 Å². The molecule has 1 atom stereocenters. The van der Waals surface area contributed by atoms with Gasteiger partial charge in [0.2, 0.25) is 17.7 Å². The summed E-state index contributed by atoms with van der Waals surface area (Å²) in [7, 11) is 0. The Balaban J connectivity index is 1.52. The van der Waals surface area contributed by atoms with Crippen LogP contribution in [-0.4, -0.2) is 83.4 Å². The highest BCUT2D eigenvalue weighted by atomic mass is 16.3. The van der Waals surface area contributed by atoms with Gasteiger partial charge in [-0.3, -0.25) is 24.2 Å². The van der Waals surface area contributed by atoms with Crippen LogP contribution in [0.25, 0.3) is 0 Å². The predicted molar refractivity (Wildman–Crippen MR) is 121 cm³/mol. The molecule has 0 spiro atoms. The van der Waals surface area contributed by atoms with Crippen molar-refractivity contribution in [2.45, 2.75) is 50.4 Å². The number of aliphatic hydroxyl groups is 1. The number of aliphatic hydroxyl groups excluding tert-OH is 1. The van der Waals surface area contributed by atoms with E-state index in [1.165, 1.54) is 11.3 Å². The van der Waals surface area contributed by atoms with E-state index in [1.54, 1.807) is 4.90 Å². The standard InChI is InChI=1S/C25H35N3O4/c29-16-15-26-11-13-27(14-12-26)22(30)17-25(21-9-5-2-6-10-21)18-23(31)28(24(25)32)19-20-7-3-1-4-8-20/h2,5-6,9-10,20,29H,1,3-4,7-8,11-19H2. The molecule has 1 aliphatic carbocycles. The van der Waals surface area contributed by atoms with Crippen LogP contribution in [0.3, 0.4) is 0 Å². The van der Waals surface area contributed by atoms with E-state index in [2.05, 4.69) is 4.90 Å². The van der Waals surface area contributed by atoms with E-state index in [1.807, 2.05) is 30.3 Å². The minimum absolute atomic E-state index is 0.0305. The molecule has 1 unspecified atom stereocenters. The summed E-state index contributed by atoms with van der Waals surface area (Å²) in [4.78, 5) is 45.5. The molecule has 1 aromatic rings. The second kappa shape index (κ2) is 10.1. The Morgan fingerprint density at radius 1 is 1.00 bits per heavy atom. The van der Waals surface area contributed by atoms with Crippen LogP contribution in [-0.2, 0) is 19.8 Å². The van der Waals surface area contributed by atoms with Gasteiger partial charge in [-0.25, -0.2) is 0 Å². The van der Waals surface area contributed by atoms with E-state index < -0.39 is 5.41 Å². The molecule has 3 amide bonds. The maximum Gasteiger partial charge on any atom is 0.240 e. The SMILES string of the molecule is O=C(CC1(c2ccccc2)CC(=O)N(CC2CCCCC2)C1=O)N1CCN(CCO)CC1. The second-order valence-electron chi connectivity index (χ2n) is 9.56. The van der Waals surface area contributed by atoms with Crippen LogP contribution in [0.2, 0.25) is 0 Å². The second-order valence-corrected chi connectivity index (χ2v) is 9.56. The summed E-state index contributed by atoms with van der Waals surface area (Å²) < 4.78 is 0. The predicted octanol–water partition coefficient (Wildman–Crippen LogP) is 1.79. The Labute approximate surface area is 190 Å². The molecule has 0 radical (unpaired) electrons. The van der Waals surface area contributed by atoms with Crippen molar-refractivity contribution >= 4 is 17.7 Å². The monoisotopic (exact) mass is 441 g/mol. The van der Waals surface area contributed by atoms with Crippen LogP contribution >= 0.6 is 0 Å². The molecule has 32 heavy (non-hydrogen) atoms. The number of rotatable bonds is 7. The molecule has 174 valence electrons. The molecule has 3 aliphatic rings. The summed E-state index contributed by atoms with van der Waals surface area (Å²) in [6.45, 7) is 3.80. The summed E-state index contributed by atoms with van der Waals surface area (Å²) in [6.07, 6.45) is 5.77. The zero-order chi connectivity index (χ0) is 22.6. The minimum atomic E-state index is -1.10. The van der Waals surface area contributed by atoms with Crippen molar-refractivity contribution in [2.24, 2.45) is 5.92 Å². The number of nitrogens with zero attached hydrogens (tertiary/aromatic N) is 3. The van der Waals surface area contributed by atoms with Crippen LogP contribution in [0.1, 0.15) is 50.5 Å². The van der Waals surface area contributed by atoms with Crippen LogP contribution in [0.4, 0.5) is 0 Å². The molecule has 0 aromatic heterocycles. The van der Waals surface area contributed by atoms with Crippen molar-refractivity contribution in [3.8, 4) is 0 Å². The third kappa shape index (κ3) is 4.74. The van der Waals surface area contributed by atoms with Gasteiger partial charge in [0.1, 0.15) is 0 Å². The van der Waals surface area contributed by atoms with E-state index in [4.69, 9.17) is 5.11 Å². The molecule has 7 heteroatoms. The number of likely N-dealkylation sites (tertiary alicyclic amines) is 1. The largest absolute Gasteiger partial charge is 0.395 e. The van der Waals surface area contributed by atoms with E-state index in [-0.39, 0.29) is 37.2 Å². The molecule has 2 heterocycles. The molecule has 0 bridgehead atoms. The average Bonchev–Trinajstić information content (AvgIpc) is 3.06. The zero-order valence-corrected chi connectivity index (χ0v) is 18.9. The average molecular weight is 442 g/mol. The summed E-state index contributed by atoms with van der Waals surface area (Å²) in [6, 6.07) is 9.39. The quantitative estimate of drug-likeness (QED) is 0.653. The number of piperazine rings is 1. The van der Waals surface area contributed by atoms with Gasteiger partial charge in [-0.1, -0.05) is 49.6 Å². The fourth-order valence-electron chi connectivity index (χ4n) is 5.57. The zero-order valence-electron chi connectivity index (χ0n) is 18.9. The molecular weight excluding hydrogens is 406 g/mol. The Bertz CT molecular complexity index is 816. The van der Waals surface area contributed by atoms with Crippen molar-refractivity contribution in [3.63, 3.8) is 0 Å². The number of amides is 3. The van der Waals surface area contributed by atoms with Crippen molar-refractivity contribution in [1.29, 1.82) is 0 Å². The number of carbonyl (C=O) groups excluding carboxylic acids is 3. The van der Waals surface area contributed by atoms with Crippen molar-refractivity contribution in [1.82, 2.24) is 14.7 Å². The Morgan fingerprint density at radius 3 is 2.34 bits per heavy atom. The molecule has 1 saturated carbocycles. The van der Waals surface area contributed by atoms with Gasteiger partial charge in [0.05, 0.1) is 12.0 Å². The van der Waals surface area contributed by atoms with Crippen molar-refractivity contribution < 1.29 is 19.5 Å². The maximum absolute atomic E-state index is 13.8. The van der Waals surface area contributed by atoms with Crippen LogP contribution in [0, 0.1) is 5.92 Å². The lowest BCUT2D eigenvalue weighted by molar-refractivity contribution is -0.143. The van der Waals surface area contributed by atoms with Gasteiger partial charge >= 0.3 is 0 Å². The van der Waals surface area contributed by atoms with Gasteiger partial charge in [-0.2, -0.15) is 0 Å². The fourth-order valence-corrected chi connectivity index (χ4v) is 5.57. The number of hydrogen-bond acceptors (Lipinski definition) is 5. The summed E-state index contributed by atoms with van der Waals surface area (Å²) in [5, 5.41) is 9.14. The number of imide groups is 1. The van der Waals surface area contributed by atoms with Crippen molar-refractivity contribution in [2.75, 3.05) is 45.9 Å². The number of hydrogen-bond donors (Lipinski definition) is 1. The first-order valence-electron chi connectivity index (χ1n) is 12.0. The smallest absolute Gasteiger partial charge is 0.240 e. The van der Waals surface area contributed by atoms with Gasteiger partial charge in [0.15, 0.2) is 0 Å². The Hall–Kier alpha value is -2.25. The number of carbonyl (C=O) groups is 3. The van der Waals surface area contributed by atoms with Gasteiger partial charge < -0.3 is 10.0 Å². The highest BCUT2D eigenvalue weighted by Gasteiger charge is 2.54. The Kier molecular flexibility index (Phi) is 7.26.